The highest BCUT2D eigenvalue weighted by atomic mass is 16.5. The van der Waals surface area contributed by atoms with Gasteiger partial charge in [-0.3, -0.25) is 9.59 Å². The van der Waals surface area contributed by atoms with E-state index in [9.17, 15) is 9.59 Å². The molecular weight excluding hydrogens is 212 g/mol. The predicted molar refractivity (Wildman–Crippen MR) is 56.9 cm³/mol. The first-order chi connectivity index (χ1) is 7.63. The number of piperidine rings is 1. The first-order valence-electron chi connectivity index (χ1n) is 5.44. The number of carbonyl (C=O) groups is 2. The van der Waals surface area contributed by atoms with Gasteiger partial charge in [0, 0.05) is 13.1 Å². The Labute approximate surface area is 94.3 Å². The van der Waals surface area contributed by atoms with E-state index in [1.807, 2.05) is 0 Å². The zero-order chi connectivity index (χ0) is 12.0. The smallest absolute Gasteiger partial charge is 0.305 e. The van der Waals surface area contributed by atoms with Crippen molar-refractivity contribution in [3.8, 4) is 0 Å². The van der Waals surface area contributed by atoms with Crippen LogP contribution in [0.1, 0.15) is 19.3 Å². The van der Waals surface area contributed by atoms with E-state index in [0.717, 1.165) is 19.4 Å². The van der Waals surface area contributed by atoms with Crippen molar-refractivity contribution >= 4 is 11.9 Å². The molecule has 0 radical (unpaired) electrons. The number of nitrogens with two attached hydrogens (primary N) is 1. The van der Waals surface area contributed by atoms with Gasteiger partial charge in [-0.25, -0.2) is 0 Å². The lowest BCUT2D eigenvalue weighted by Gasteiger charge is -2.32. The standard InChI is InChI=1S/C10H18N2O4/c11-6-9(13)12-4-1-2-8(7-12)16-5-3-10(14)15/h8H,1-7,11H2,(H,14,15). The normalized spacial score (nSPS) is 20.8. The minimum atomic E-state index is -0.870. The van der Waals surface area contributed by atoms with Crippen LogP contribution in [0.5, 0.6) is 0 Å². The maximum Gasteiger partial charge on any atom is 0.305 e. The number of carboxylic acid groups (broad SMARTS) is 1. The Morgan fingerprint density at radius 1 is 1.50 bits per heavy atom. The molecule has 1 saturated heterocycles. The molecule has 1 aliphatic rings. The largest absolute Gasteiger partial charge is 0.481 e. The summed E-state index contributed by atoms with van der Waals surface area (Å²) in [5.41, 5.74) is 5.28. The van der Waals surface area contributed by atoms with Gasteiger partial charge in [0.2, 0.25) is 5.91 Å². The summed E-state index contributed by atoms with van der Waals surface area (Å²) < 4.78 is 5.40. The van der Waals surface area contributed by atoms with Crippen LogP contribution in [0.2, 0.25) is 0 Å². The molecule has 0 aliphatic carbocycles. The van der Waals surface area contributed by atoms with Crippen LogP contribution in [0.3, 0.4) is 0 Å². The number of ether oxygens (including phenoxy) is 1. The number of likely N-dealkylation sites (tertiary alicyclic amines) is 1. The van der Waals surface area contributed by atoms with Gasteiger partial charge in [0.25, 0.3) is 0 Å². The van der Waals surface area contributed by atoms with E-state index >= 15 is 0 Å². The molecule has 0 aromatic rings. The van der Waals surface area contributed by atoms with Gasteiger partial charge in [-0.05, 0) is 12.8 Å². The lowest BCUT2D eigenvalue weighted by Crippen LogP contribution is -2.45. The first-order valence-corrected chi connectivity index (χ1v) is 5.44. The molecular formula is C10H18N2O4. The van der Waals surface area contributed by atoms with Crippen molar-refractivity contribution in [2.75, 3.05) is 26.2 Å². The maximum absolute atomic E-state index is 11.3. The molecule has 1 aliphatic heterocycles. The molecule has 0 bridgehead atoms. The Hall–Kier alpha value is -1.14. The van der Waals surface area contributed by atoms with Gasteiger partial charge < -0.3 is 20.5 Å². The van der Waals surface area contributed by atoms with Crippen molar-refractivity contribution in [1.82, 2.24) is 4.90 Å². The summed E-state index contributed by atoms with van der Waals surface area (Å²) in [5, 5.41) is 8.46. The van der Waals surface area contributed by atoms with E-state index in [1.165, 1.54) is 0 Å². The number of amides is 1. The third-order valence-electron chi connectivity index (χ3n) is 2.57. The zero-order valence-electron chi connectivity index (χ0n) is 9.22. The topological polar surface area (TPSA) is 92.9 Å². The molecule has 0 spiro atoms. The van der Waals surface area contributed by atoms with Gasteiger partial charge in [0.05, 0.1) is 25.7 Å². The minimum Gasteiger partial charge on any atom is -0.481 e. The Morgan fingerprint density at radius 2 is 2.25 bits per heavy atom. The highest BCUT2D eigenvalue weighted by Gasteiger charge is 2.23. The van der Waals surface area contributed by atoms with Crippen LogP contribution in [-0.2, 0) is 14.3 Å². The third kappa shape index (κ3) is 4.16. The number of aliphatic carboxylic acids is 1. The van der Waals surface area contributed by atoms with Crippen molar-refractivity contribution in [3.63, 3.8) is 0 Å². The first kappa shape index (κ1) is 12.9. The van der Waals surface area contributed by atoms with Gasteiger partial charge in [-0.2, -0.15) is 0 Å². The number of carboxylic acids is 1. The molecule has 1 amide bonds. The molecule has 16 heavy (non-hydrogen) atoms. The monoisotopic (exact) mass is 230 g/mol. The molecule has 0 saturated carbocycles. The lowest BCUT2D eigenvalue weighted by molar-refractivity contribution is -0.140. The van der Waals surface area contributed by atoms with E-state index in [-0.39, 0.29) is 31.6 Å². The average molecular weight is 230 g/mol. The molecule has 1 atom stereocenters. The highest BCUT2D eigenvalue weighted by molar-refractivity contribution is 5.78. The SMILES string of the molecule is NCC(=O)N1CCCC(OCCC(=O)O)C1. The Morgan fingerprint density at radius 3 is 2.88 bits per heavy atom. The van der Waals surface area contributed by atoms with Gasteiger partial charge in [0.1, 0.15) is 0 Å². The van der Waals surface area contributed by atoms with Crippen molar-refractivity contribution in [2.24, 2.45) is 5.73 Å². The second kappa shape index (κ2) is 6.44. The Balaban J connectivity index is 2.27. The minimum absolute atomic E-state index is 0.00132. The van der Waals surface area contributed by atoms with E-state index in [1.54, 1.807) is 4.90 Å². The van der Waals surface area contributed by atoms with Crippen LogP contribution in [0, 0.1) is 0 Å². The van der Waals surface area contributed by atoms with E-state index < -0.39 is 5.97 Å². The molecule has 1 heterocycles. The maximum atomic E-state index is 11.3. The average Bonchev–Trinajstić information content (AvgIpc) is 2.28. The molecule has 6 nitrogen and oxygen atoms in total. The summed E-state index contributed by atoms with van der Waals surface area (Å²) in [7, 11) is 0. The van der Waals surface area contributed by atoms with Crippen molar-refractivity contribution in [3.05, 3.63) is 0 Å². The molecule has 3 N–H and O–H groups in total. The second-order valence-corrected chi connectivity index (χ2v) is 3.82. The van der Waals surface area contributed by atoms with Gasteiger partial charge >= 0.3 is 5.97 Å². The summed E-state index contributed by atoms with van der Waals surface area (Å²) >= 11 is 0. The quantitative estimate of drug-likeness (QED) is 0.659. The second-order valence-electron chi connectivity index (χ2n) is 3.82. The predicted octanol–water partition coefficient (Wildman–Crippen LogP) is -0.573. The van der Waals surface area contributed by atoms with Crippen LogP contribution in [0.25, 0.3) is 0 Å². The summed E-state index contributed by atoms with van der Waals surface area (Å²) in [4.78, 5) is 23.3. The molecule has 1 fully saturated rings. The third-order valence-corrected chi connectivity index (χ3v) is 2.57. The zero-order valence-corrected chi connectivity index (χ0v) is 9.22. The molecule has 1 unspecified atom stereocenters. The number of nitrogens with zero attached hydrogens (tertiary/aromatic N) is 1. The van der Waals surface area contributed by atoms with E-state index in [0.29, 0.717) is 6.54 Å². The van der Waals surface area contributed by atoms with Crippen molar-refractivity contribution in [2.45, 2.75) is 25.4 Å². The Kier molecular flexibility index (Phi) is 5.21. The lowest BCUT2D eigenvalue weighted by atomic mass is 10.1. The number of hydrogen-bond acceptors (Lipinski definition) is 4. The highest BCUT2D eigenvalue weighted by Crippen LogP contribution is 2.13. The van der Waals surface area contributed by atoms with Crippen LogP contribution in [0.15, 0.2) is 0 Å². The van der Waals surface area contributed by atoms with Crippen LogP contribution < -0.4 is 5.73 Å². The summed E-state index contributed by atoms with van der Waals surface area (Å²) in [6.07, 6.45) is 1.70. The van der Waals surface area contributed by atoms with Gasteiger partial charge in [-0.1, -0.05) is 0 Å². The molecule has 0 aromatic carbocycles. The Bertz CT molecular complexity index is 257. The van der Waals surface area contributed by atoms with Crippen molar-refractivity contribution in [1.29, 1.82) is 0 Å². The molecule has 1 rings (SSSR count). The summed E-state index contributed by atoms with van der Waals surface area (Å²) in [5.74, 6) is -0.947. The van der Waals surface area contributed by atoms with E-state index in [2.05, 4.69) is 0 Å². The van der Waals surface area contributed by atoms with Crippen LogP contribution >= 0.6 is 0 Å². The van der Waals surface area contributed by atoms with E-state index in [4.69, 9.17) is 15.6 Å². The number of rotatable bonds is 5. The fraction of sp³-hybridized carbons (Fsp3) is 0.800. The summed E-state index contributed by atoms with van der Waals surface area (Å²) in [6, 6.07) is 0. The molecule has 6 heteroatoms. The summed E-state index contributed by atoms with van der Waals surface area (Å²) in [6.45, 7) is 1.46. The number of carbonyl (C=O) groups excluding carboxylic acids is 1. The fourth-order valence-electron chi connectivity index (χ4n) is 1.74. The van der Waals surface area contributed by atoms with Crippen LogP contribution in [-0.4, -0.2) is 54.2 Å². The van der Waals surface area contributed by atoms with Gasteiger partial charge in [-0.15, -0.1) is 0 Å². The fourth-order valence-corrected chi connectivity index (χ4v) is 1.74. The molecule has 0 aromatic heterocycles. The van der Waals surface area contributed by atoms with Gasteiger partial charge in [0.15, 0.2) is 0 Å². The molecule has 92 valence electrons. The van der Waals surface area contributed by atoms with Crippen molar-refractivity contribution < 1.29 is 19.4 Å². The van der Waals surface area contributed by atoms with Crippen LogP contribution in [0.4, 0.5) is 0 Å². The number of hydrogen-bond donors (Lipinski definition) is 2.